The number of methoxy groups -OCH3 is 1. The highest BCUT2D eigenvalue weighted by Gasteiger charge is 2.03. The van der Waals surface area contributed by atoms with Gasteiger partial charge in [0, 0.05) is 13.1 Å². The van der Waals surface area contributed by atoms with E-state index in [2.05, 4.69) is 17.4 Å². The van der Waals surface area contributed by atoms with Crippen LogP contribution in [0.15, 0.2) is 48.5 Å². The van der Waals surface area contributed by atoms with Crippen LogP contribution in [0.25, 0.3) is 0 Å². The maximum absolute atomic E-state index is 11.3. The minimum atomic E-state index is -0.219. The minimum absolute atomic E-state index is 0.186. The molecule has 0 aromatic heterocycles. The van der Waals surface area contributed by atoms with Crippen LogP contribution in [-0.4, -0.2) is 19.2 Å². The van der Waals surface area contributed by atoms with Gasteiger partial charge in [0.15, 0.2) is 0 Å². The summed E-state index contributed by atoms with van der Waals surface area (Å²) in [4.78, 5) is 11.3. The molecule has 128 valence electrons. The summed E-state index contributed by atoms with van der Waals surface area (Å²) >= 11 is 0. The molecule has 1 N–H and O–H groups in total. The Morgan fingerprint density at radius 3 is 2.33 bits per heavy atom. The Hall–Kier alpha value is -2.33. The molecule has 2 aromatic carbocycles. The Kier molecular flexibility index (Phi) is 6.82. The first-order valence-electron chi connectivity index (χ1n) is 8.18. The summed E-state index contributed by atoms with van der Waals surface area (Å²) in [6.07, 6.45) is 0.494. The SMILES string of the molecule is COC(=O)Cc1cccc(CNCc2ccc(OC(C)C)cc2)c1. The highest BCUT2D eigenvalue weighted by atomic mass is 16.5. The van der Waals surface area contributed by atoms with Crippen molar-refractivity contribution in [2.45, 2.75) is 39.5 Å². The fraction of sp³-hybridized carbons (Fsp3) is 0.350. The number of hydrogen-bond donors (Lipinski definition) is 1. The third-order valence-electron chi connectivity index (χ3n) is 3.52. The van der Waals surface area contributed by atoms with Gasteiger partial charge in [0.1, 0.15) is 5.75 Å². The van der Waals surface area contributed by atoms with E-state index in [0.29, 0.717) is 6.42 Å². The molecule has 24 heavy (non-hydrogen) atoms. The molecule has 0 amide bonds. The normalized spacial score (nSPS) is 10.7. The minimum Gasteiger partial charge on any atom is -0.491 e. The molecule has 0 heterocycles. The summed E-state index contributed by atoms with van der Waals surface area (Å²) in [6, 6.07) is 16.1. The third kappa shape index (κ3) is 6.05. The molecule has 0 aliphatic heterocycles. The number of esters is 1. The molecule has 0 fully saturated rings. The number of carbonyl (C=O) groups excluding carboxylic acids is 1. The number of benzene rings is 2. The smallest absolute Gasteiger partial charge is 0.309 e. The summed E-state index contributed by atoms with van der Waals surface area (Å²) in [5.41, 5.74) is 3.32. The van der Waals surface area contributed by atoms with Crippen LogP contribution in [0.4, 0.5) is 0 Å². The number of ether oxygens (including phenoxy) is 2. The second-order valence-corrected chi connectivity index (χ2v) is 5.99. The van der Waals surface area contributed by atoms with Crippen LogP contribution in [0.2, 0.25) is 0 Å². The van der Waals surface area contributed by atoms with Gasteiger partial charge in [0.2, 0.25) is 0 Å². The second kappa shape index (κ2) is 9.08. The largest absolute Gasteiger partial charge is 0.491 e. The Labute approximate surface area is 143 Å². The number of rotatable bonds is 8. The van der Waals surface area contributed by atoms with Gasteiger partial charge in [-0.05, 0) is 42.7 Å². The van der Waals surface area contributed by atoms with Crippen LogP contribution >= 0.6 is 0 Å². The van der Waals surface area contributed by atoms with Crippen LogP contribution in [0.1, 0.15) is 30.5 Å². The maximum Gasteiger partial charge on any atom is 0.309 e. The lowest BCUT2D eigenvalue weighted by molar-refractivity contribution is -0.139. The molecule has 0 radical (unpaired) electrons. The molecule has 0 atom stereocenters. The predicted octanol–water partition coefficient (Wildman–Crippen LogP) is 3.48. The monoisotopic (exact) mass is 327 g/mol. The van der Waals surface area contributed by atoms with Crippen molar-refractivity contribution in [2.24, 2.45) is 0 Å². The van der Waals surface area contributed by atoms with Gasteiger partial charge in [-0.15, -0.1) is 0 Å². The molecule has 2 rings (SSSR count). The van der Waals surface area contributed by atoms with E-state index in [1.807, 2.05) is 50.2 Å². The van der Waals surface area contributed by atoms with E-state index in [9.17, 15) is 4.79 Å². The summed E-state index contributed by atoms with van der Waals surface area (Å²) in [5.74, 6) is 0.674. The molecule has 0 saturated carbocycles. The average molecular weight is 327 g/mol. The second-order valence-electron chi connectivity index (χ2n) is 5.99. The van der Waals surface area contributed by atoms with Crippen molar-refractivity contribution in [1.29, 1.82) is 0 Å². The molecule has 0 unspecified atom stereocenters. The van der Waals surface area contributed by atoms with E-state index in [-0.39, 0.29) is 12.1 Å². The standard InChI is InChI=1S/C20H25NO3/c1-15(2)24-19-9-7-16(8-10-19)13-21-14-18-6-4-5-17(11-18)12-20(22)23-3/h4-11,15,21H,12-14H2,1-3H3. The topological polar surface area (TPSA) is 47.6 Å². The molecule has 4 nitrogen and oxygen atoms in total. The van der Waals surface area contributed by atoms with Crippen molar-refractivity contribution in [3.63, 3.8) is 0 Å². The molecular weight excluding hydrogens is 302 g/mol. The van der Waals surface area contributed by atoms with Crippen LogP contribution < -0.4 is 10.1 Å². The van der Waals surface area contributed by atoms with Crippen molar-refractivity contribution in [3.05, 3.63) is 65.2 Å². The first-order valence-corrected chi connectivity index (χ1v) is 8.18. The molecule has 0 spiro atoms. The van der Waals surface area contributed by atoms with Gasteiger partial charge in [0.05, 0.1) is 19.6 Å². The maximum atomic E-state index is 11.3. The van der Waals surface area contributed by atoms with Crippen molar-refractivity contribution < 1.29 is 14.3 Å². The van der Waals surface area contributed by atoms with Gasteiger partial charge in [-0.3, -0.25) is 4.79 Å². The Morgan fingerprint density at radius 2 is 1.67 bits per heavy atom. The molecule has 0 saturated heterocycles. The lowest BCUT2D eigenvalue weighted by Gasteiger charge is -2.11. The Bertz CT molecular complexity index is 650. The summed E-state index contributed by atoms with van der Waals surface area (Å²) < 4.78 is 10.3. The number of hydrogen-bond acceptors (Lipinski definition) is 4. The average Bonchev–Trinajstić information content (AvgIpc) is 2.56. The van der Waals surface area contributed by atoms with E-state index in [4.69, 9.17) is 9.47 Å². The van der Waals surface area contributed by atoms with Crippen LogP contribution in [0.3, 0.4) is 0 Å². The zero-order chi connectivity index (χ0) is 17.4. The fourth-order valence-corrected chi connectivity index (χ4v) is 2.40. The fourth-order valence-electron chi connectivity index (χ4n) is 2.40. The zero-order valence-corrected chi connectivity index (χ0v) is 14.5. The molecule has 4 heteroatoms. The summed E-state index contributed by atoms with van der Waals surface area (Å²) in [5, 5.41) is 3.42. The highest BCUT2D eigenvalue weighted by Crippen LogP contribution is 2.14. The van der Waals surface area contributed by atoms with Crippen LogP contribution in [0, 0.1) is 0 Å². The third-order valence-corrected chi connectivity index (χ3v) is 3.52. The van der Waals surface area contributed by atoms with Crippen LogP contribution in [0.5, 0.6) is 5.75 Å². The van der Waals surface area contributed by atoms with Gasteiger partial charge in [0.25, 0.3) is 0 Å². The summed E-state index contributed by atoms with van der Waals surface area (Å²) in [6.45, 7) is 5.57. The van der Waals surface area contributed by atoms with Crippen molar-refractivity contribution in [3.8, 4) is 5.75 Å². The van der Waals surface area contributed by atoms with Gasteiger partial charge in [-0.25, -0.2) is 0 Å². The first kappa shape index (κ1) is 18.0. The van der Waals surface area contributed by atoms with Gasteiger partial charge < -0.3 is 14.8 Å². The van der Waals surface area contributed by atoms with Crippen molar-refractivity contribution in [1.82, 2.24) is 5.32 Å². The van der Waals surface area contributed by atoms with E-state index in [0.717, 1.165) is 30.0 Å². The van der Waals surface area contributed by atoms with Crippen molar-refractivity contribution in [2.75, 3.05) is 7.11 Å². The van der Waals surface area contributed by atoms with Gasteiger partial charge in [-0.1, -0.05) is 36.4 Å². The van der Waals surface area contributed by atoms with E-state index >= 15 is 0 Å². The summed E-state index contributed by atoms with van der Waals surface area (Å²) in [7, 11) is 1.41. The van der Waals surface area contributed by atoms with E-state index in [1.54, 1.807) is 0 Å². The predicted molar refractivity (Wildman–Crippen MR) is 94.9 cm³/mol. The highest BCUT2D eigenvalue weighted by molar-refractivity contribution is 5.72. The van der Waals surface area contributed by atoms with Crippen molar-refractivity contribution >= 4 is 5.97 Å². The number of carbonyl (C=O) groups is 1. The van der Waals surface area contributed by atoms with Crippen LogP contribution in [-0.2, 0) is 29.0 Å². The lowest BCUT2D eigenvalue weighted by Crippen LogP contribution is -2.13. The quantitative estimate of drug-likeness (QED) is 0.754. The molecular formula is C20H25NO3. The molecule has 2 aromatic rings. The molecule has 0 aliphatic rings. The van der Waals surface area contributed by atoms with Gasteiger partial charge in [-0.2, -0.15) is 0 Å². The van der Waals surface area contributed by atoms with E-state index < -0.39 is 0 Å². The Morgan fingerprint density at radius 1 is 1.00 bits per heavy atom. The Balaban J connectivity index is 1.83. The lowest BCUT2D eigenvalue weighted by atomic mass is 10.1. The molecule has 0 bridgehead atoms. The first-order chi connectivity index (χ1) is 11.6. The zero-order valence-electron chi connectivity index (χ0n) is 14.5. The molecule has 0 aliphatic carbocycles. The van der Waals surface area contributed by atoms with Gasteiger partial charge >= 0.3 is 5.97 Å². The van der Waals surface area contributed by atoms with E-state index in [1.165, 1.54) is 12.7 Å². The number of nitrogens with one attached hydrogen (secondary N) is 1.